The molecule has 0 radical (unpaired) electrons. The number of amides is 1. The van der Waals surface area contributed by atoms with Gasteiger partial charge in [0.25, 0.3) is 5.24 Å². The van der Waals surface area contributed by atoms with E-state index < -0.39 is 0 Å². The molecule has 0 bridgehead atoms. The predicted octanol–water partition coefficient (Wildman–Crippen LogP) is 2.59. The molecule has 0 N–H and O–H groups in total. The van der Waals surface area contributed by atoms with Crippen molar-refractivity contribution < 1.29 is 9.53 Å². The van der Waals surface area contributed by atoms with Crippen molar-refractivity contribution in [2.75, 3.05) is 43.9 Å². The van der Waals surface area contributed by atoms with Crippen LogP contribution in [0.1, 0.15) is 6.92 Å². The summed E-state index contributed by atoms with van der Waals surface area (Å²) in [6.07, 6.45) is 1.82. The van der Waals surface area contributed by atoms with Crippen molar-refractivity contribution in [2.45, 2.75) is 6.92 Å². The van der Waals surface area contributed by atoms with Gasteiger partial charge in [0.15, 0.2) is 0 Å². The lowest BCUT2D eigenvalue weighted by molar-refractivity contribution is 0.219. The van der Waals surface area contributed by atoms with Crippen molar-refractivity contribution in [3.05, 3.63) is 24.3 Å². The molecule has 0 unspecified atom stereocenters. The number of anilines is 1. The van der Waals surface area contributed by atoms with Crippen LogP contribution in [-0.4, -0.2) is 59.1 Å². The molecule has 0 aromatic rings. The monoisotopic (exact) mass is 332 g/mol. The number of hydrogen-bond acceptors (Lipinski definition) is 6. The predicted molar refractivity (Wildman–Crippen MR) is 92.5 cm³/mol. The second kappa shape index (κ2) is 7.04. The Morgan fingerprint density at radius 3 is 2.26 bits per heavy atom. The van der Waals surface area contributed by atoms with Gasteiger partial charge < -0.3 is 14.5 Å². The van der Waals surface area contributed by atoms with Crippen LogP contribution in [0, 0.1) is 0 Å². The quantitative estimate of drug-likeness (QED) is 0.861. The van der Waals surface area contributed by atoms with Gasteiger partial charge in [0, 0.05) is 26.2 Å². The summed E-state index contributed by atoms with van der Waals surface area (Å²) in [5.41, 5.74) is 1.71. The largest absolute Gasteiger partial charge is 0.494 e. The summed E-state index contributed by atoms with van der Waals surface area (Å²) in [5.74, 6) is 1.55. The highest BCUT2D eigenvalue weighted by Crippen LogP contribution is 2.25. The van der Waals surface area contributed by atoms with E-state index in [0.717, 1.165) is 36.2 Å². The Labute approximate surface area is 140 Å². The van der Waals surface area contributed by atoms with Gasteiger partial charge in [-0.25, -0.2) is 9.97 Å². The number of hydrogen-bond donors (Lipinski definition) is 0. The number of carbonyl (C=O) groups is 1. The van der Waals surface area contributed by atoms with E-state index in [1.165, 1.54) is 11.8 Å². The third kappa shape index (κ3) is 3.50. The fraction of sp³-hybridized carbons (Fsp3) is 0.438. The van der Waals surface area contributed by atoms with Gasteiger partial charge in [-0.1, -0.05) is 11.8 Å². The van der Waals surface area contributed by atoms with E-state index in [2.05, 4.69) is 14.9 Å². The molecule has 3 rings (SSSR count). The minimum atomic E-state index is 0.133. The number of fused-ring (bicyclic) bond motifs is 1. The Morgan fingerprint density at radius 2 is 1.74 bits per heavy atom. The van der Waals surface area contributed by atoms with Gasteiger partial charge in [-0.05, 0) is 37.4 Å². The van der Waals surface area contributed by atoms with E-state index >= 15 is 0 Å². The SMILES string of the molecule is CCOc1ccc2nc(N3CCN(C(=O)SC)CC3)nc-2cc1. The maximum atomic E-state index is 11.7. The first-order chi connectivity index (χ1) is 11.2. The van der Waals surface area contributed by atoms with Crippen molar-refractivity contribution in [2.24, 2.45) is 0 Å². The van der Waals surface area contributed by atoms with E-state index in [-0.39, 0.29) is 5.24 Å². The van der Waals surface area contributed by atoms with Crippen molar-refractivity contribution in [1.29, 1.82) is 0 Å². The summed E-state index contributed by atoms with van der Waals surface area (Å²) in [4.78, 5) is 24.9. The van der Waals surface area contributed by atoms with E-state index in [0.29, 0.717) is 19.7 Å². The molecule has 2 heterocycles. The number of piperazine rings is 1. The molecule has 6 nitrogen and oxygen atoms in total. The number of nitrogens with zero attached hydrogens (tertiary/aromatic N) is 4. The summed E-state index contributed by atoms with van der Waals surface area (Å²) >= 11 is 1.26. The van der Waals surface area contributed by atoms with Gasteiger partial charge in [0.1, 0.15) is 5.75 Å². The molecule has 1 amide bonds. The van der Waals surface area contributed by atoms with Gasteiger partial charge in [0.05, 0.1) is 18.0 Å². The summed E-state index contributed by atoms with van der Waals surface area (Å²) < 4.78 is 5.49. The Morgan fingerprint density at radius 1 is 1.13 bits per heavy atom. The highest BCUT2D eigenvalue weighted by molar-refractivity contribution is 8.12. The maximum absolute atomic E-state index is 11.7. The summed E-state index contributed by atoms with van der Waals surface area (Å²) in [5, 5.41) is 0.133. The van der Waals surface area contributed by atoms with Crippen LogP contribution >= 0.6 is 11.8 Å². The fourth-order valence-corrected chi connectivity index (χ4v) is 3.04. The number of imidazole rings is 1. The third-order valence-corrected chi connectivity index (χ3v) is 4.43. The van der Waals surface area contributed by atoms with Crippen LogP contribution in [-0.2, 0) is 0 Å². The molecule has 23 heavy (non-hydrogen) atoms. The molecule has 0 aromatic carbocycles. The fourth-order valence-electron chi connectivity index (χ4n) is 2.60. The number of ether oxygens (including phenoxy) is 1. The molecule has 1 aliphatic carbocycles. The van der Waals surface area contributed by atoms with E-state index in [4.69, 9.17) is 4.74 Å². The normalized spacial score (nSPS) is 15.0. The lowest BCUT2D eigenvalue weighted by Gasteiger charge is -2.33. The molecule has 1 saturated heterocycles. The Hall–Kier alpha value is -2.02. The average molecular weight is 332 g/mol. The lowest BCUT2D eigenvalue weighted by atomic mass is 10.3. The molecular weight excluding hydrogens is 312 g/mol. The van der Waals surface area contributed by atoms with Crippen molar-refractivity contribution in [3.63, 3.8) is 0 Å². The van der Waals surface area contributed by atoms with Gasteiger partial charge in [0.2, 0.25) is 5.95 Å². The Kier molecular flexibility index (Phi) is 4.85. The highest BCUT2D eigenvalue weighted by Gasteiger charge is 2.23. The van der Waals surface area contributed by atoms with E-state index in [9.17, 15) is 4.79 Å². The van der Waals surface area contributed by atoms with Crippen LogP contribution in [0.4, 0.5) is 10.7 Å². The van der Waals surface area contributed by atoms with Gasteiger partial charge in [-0.15, -0.1) is 0 Å². The maximum Gasteiger partial charge on any atom is 0.281 e. The van der Waals surface area contributed by atoms with E-state index in [1.807, 2.05) is 42.3 Å². The molecule has 0 spiro atoms. The molecule has 3 aliphatic rings. The zero-order chi connectivity index (χ0) is 16.2. The van der Waals surface area contributed by atoms with E-state index in [1.54, 1.807) is 0 Å². The molecule has 1 fully saturated rings. The minimum Gasteiger partial charge on any atom is -0.494 e. The molecule has 2 aliphatic heterocycles. The van der Waals surface area contributed by atoms with Crippen molar-refractivity contribution in [1.82, 2.24) is 14.9 Å². The lowest BCUT2D eigenvalue weighted by Crippen LogP contribution is -2.48. The van der Waals surface area contributed by atoms with Crippen molar-refractivity contribution >= 4 is 22.9 Å². The molecule has 122 valence electrons. The summed E-state index contributed by atoms with van der Waals surface area (Å²) in [6, 6.07) is 7.70. The highest BCUT2D eigenvalue weighted by atomic mass is 32.2. The molecule has 0 saturated carbocycles. The summed E-state index contributed by atoms with van der Waals surface area (Å²) in [6.45, 7) is 5.56. The number of thioether (sulfide) groups is 1. The topological polar surface area (TPSA) is 58.6 Å². The molecule has 7 heteroatoms. The second-order valence-electron chi connectivity index (χ2n) is 5.24. The zero-order valence-corrected chi connectivity index (χ0v) is 14.2. The van der Waals surface area contributed by atoms with Gasteiger partial charge in [-0.2, -0.15) is 0 Å². The standard InChI is InChI=1S/C16H20N4O2S/c1-3-22-12-4-6-13-14(7-5-12)18-15(17-13)19-8-10-20(11-9-19)16(21)23-2/h4-7H,3,8-11H2,1-2H3. The number of rotatable bonds is 3. The Bertz CT molecular complexity index is 625. The first-order valence-corrected chi connectivity index (χ1v) is 8.92. The Balaban J connectivity index is 1.73. The van der Waals surface area contributed by atoms with Crippen LogP contribution in [0.15, 0.2) is 24.3 Å². The number of carbonyl (C=O) groups excluding carboxylic acids is 1. The first kappa shape index (κ1) is 15.9. The first-order valence-electron chi connectivity index (χ1n) is 7.69. The summed E-state index contributed by atoms with van der Waals surface area (Å²) in [7, 11) is 0. The van der Waals surface area contributed by atoms with Crippen LogP contribution < -0.4 is 9.64 Å². The number of aromatic nitrogens is 2. The second-order valence-corrected chi connectivity index (χ2v) is 6.00. The van der Waals surface area contributed by atoms with Gasteiger partial charge in [-0.3, -0.25) is 4.79 Å². The van der Waals surface area contributed by atoms with Crippen molar-refractivity contribution in [3.8, 4) is 17.1 Å². The van der Waals surface area contributed by atoms with Gasteiger partial charge >= 0.3 is 0 Å². The average Bonchev–Trinajstić information content (AvgIpc) is 2.91. The zero-order valence-electron chi connectivity index (χ0n) is 13.4. The van der Waals surface area contributed by atoms with Crippen LogP contribution in [0.3, 0.4) is 0 Å². The van der Waals surface area contributed by atoms with Crippen LogP contribution in [0.2, 0.25) is 0 Å². The minimum absolute atomic E-state index is 0.133. The smallest absolute Gasteiger partial charge is 0.281 e. The van der Waals surface area contributed by atoms with Crippen LogP contribution in [0.5, 0.6) is 5.75 Å². The molecule has 0 aromatic heterocycles. The molecular formula is C16H20N4O2S. The van der Waals surface area contributed by atoms with Crippen LogP contribution in [0.25, 0.3) is 11.4 Å². The molecule has 0 atom stereocenters. The third-order valence-electron chi connectivity index (χ3n) is 3.82.